The second-order valence-electron chi connectivity index (χ2n) is 5.03. The van der Waals surface area contributed by atoms with Crippen LogP contribution in [0.2, 0.25) is 0 Å². The van der Waals surface area contributed by atoms with Gasteiger partial charge in [-0.15, -0.1) is 0 Å². The van der Waals surface area contributed by atoms with Crippen LogP contribution in [0.3, 0.4) is 0 Å². The van der Waals surface area contributed by atoms with Gasteiger partial charge in [0.05, 0.1) is 18.0 Å². The van der Waals surface area contributed by atoms with Crippen molar-refractivity contribution in [2.45, 2.75) is 37.0 Å². The van der Waals surface area contributed by atoms with Gasteiger partial charge in [-0.2, -0.15) is 4.31 Å². The van der Waals surface area contributed by atoms with Crippen molar-refractivity contribution in [3.05, 3.63) is 18.6 Å². The van der Waals surface area contributed by atoms with Gasteiger partial charge in [0.1, 0.15) is 6.10 Å². The Bertz CT molecular complexity index is 530. The summed E-state index contributed by atoms with van der Waals surface area (Å²) in [7, 11) is -3.10. The molecule has 0 N–H and O–H groups in total. The molecule has 19 heavy (non-hydrogen) atoms. The van der Waals surface area contributed by atoms with E-state index in [0.717, 1.165) is 25.7 Å². The van der Waals surface area contributed by atoms with Gasteiger partial charge in [-0.25, -0.2) is 13.4 Å². The first-order chi connectivity index (χ1) is 9.16. The minimum atomic E-state index is -3.10. The molecule has 1 atom stereocenters. The van der Waals surface area contributed by atoms with Gasteiger partial charge in [-0.1, -0.05) is 0 Å². The summed E-state index contributed by atoms with van der Waals surface area (Å²) in [4.78, 5) is 7.99. The number of piperidine rings is 1. The smallest absolute Gasteiger partial charge is 0.232 e. The Morgan fingerprint density at radius 3 is 2.79 bits per heavy atom. The molecule has 1 saturated heterocycles. The topological polar surface area (TPSA) is 72.4 Å². The molecule has 1 aromatic rings. The lowest BCUT2D eigenvalue weighted by Gasteiger charge is -2.31. The zero-order chi connectivity index (χ0) is 13.3. The lowest BCUT2D eigenvalue weighted by Crippen LogP contribution is -2.45. The molecular weight excluding hydrogens is 266 g/mol. The SMILES string of the molecule is O=S(=O)(C1CC1)N1CCCC(Oc2cnccn2)C1. The minimum absolute atomic E-state index is 0.126. The zero-order valence-electron chi connectivity index (χ0n) is 10.6. The normalized spacial score (nSPS) is 25.2. The fourth-order valence-electron chi connectivity index (χ4n) is 2.33. The van der Waals surface area contributed by atoms with Gasteiger partial charge in [-0.05, 0) is 25.7 Å². The van der Waals surface area contributed by atoms with Crippen LogP contribution in [0.25, 0.3) is 0 Å². The standard InChI is InChI=1S/C12H17N3O3S/c16-19(17,11-3-4-11)15-7-1-2-10(9-15)18-12-8-13-5-6-14-12/h5-6,8,10-11H,1-4,7,9H2. The molecule has 0 radical (unpaired) electrons. The number of nitrogens with zero attached hydrogens (tertiary/aromatic N) is 3. The molecule has 6 nitrogen and oxygen atoms in total. The van der Waals surface area contributed by atoms with Crippen molar-refractivity contribution in [2.24, 2.45) is 0 Å². The van der Waals surface area contributed by atoms with Crippen LogP contribution in [-0.2, 0) is 10.0 Å². The lowest BCUT2D eigenvalue weighted by molar-refractivity contribution is 0.124. The molecule has 1 aliphatic carbocycles. The lowest BCUT2D eigenvalue weighted by atomic mass is 10.1. The van der Waals surface area contributed by atoms with Crippen LogP contribution in [0.1, 0.15) is 25.7 Å². The largest absolute Gasteiger partial charge is 0.472 e. The fourth-order valence-corrected chi connectivity index (χ4v) is 4.24. The first-order valence-corrected chi connectivity index (χ1v) is 8.08. The van der Waals surface area contributed by atoms with Gasteiger partial charge >= 0.3 is 0 Å². The zero-order valence-corrected chi connectivity index (χ0v) is 11.4. The number of aromatic nitrogens is 2. The highest BCUT2D eigenvalue weighted by molar-refractivity contribution is 7.90. The predicted octanol–water partition coefficient (Wildman–Crippen LogP) is 0.812. The van der Waals surface area contributed by atoms with E-state index in [1.807, 2.05) is 0 Å². The first-order valence-electron chi connectivity index (χ1n) is 6.58. The number of hydrogen-bond acceptors (Lipinski definition) is 5. The Hall–Kier alpha value is -1.21. The monoisotopic (exact) mass is 283 g/mol. The van der Waals surface area contributed by atoms with Gasteiger partial charge in [0.25, 0.3) is 0 Å². The third-order valence-corrected chi connectivity index (χ3v) is 5.84. The van der Waals surface area contributed by atoms with Crippen LogP contribution in [-0.4, -0.2) is 47.1 Å². The van der Waals surface area contributed by atoms with Crippen molar-refractivity contribution < 1.29 is 13.2 Å². The number of sulfonamides is 1. The minimum Gasteiger partial charge on any atom is -0.472 e. The molecule has 2 aliphatic rings. The summed E-state index contributed by atoms with van der Waals surface area (Å²) in [5.41, 5.74) is 0. The Morgan fingerprint density at radius 1 is 1.26 bits per heavy atom. The van der Waals surface area contributed by atoms with Gasteiger partial charge in [0.15, 0.2) is 0 Å². The van der Waals surface area contributed by atoms with E-state index >= 15 is 0 Å². The molecule has 3 rings (SSSR count). The summed E-state index contributed by atoms with van der Waals surface area (Å²) >= 11 is 0. The van der Waals surface area contributed by atoms with E-state index in [0.29, 0.717) is 19.0 Å². The van der Waals surface area contributed by atoms with Crippen LogP contribution < -0.4 is 4.74 Å². The van der Waals surface area contributed by atoms with E-state index in [9.17, 15) is 8.42 Å². The third-order valence-electron chi connectivity index (χ3n) is 3.47. The average Bonchev–Trinajstić information content (AvgIpc) is 3.25. The van der Waals surface area contributed by atoms with Gasteiger partial charge in [-0.3, -0.25) is 4.98 Å². The van der Waals surface area contributed by atoms with E-state index in [4.69, 9.17) is 4.74 Å². The van der Waals surface area contributed by atoms with Gasteiger partial charge < -0.3 is 4.74 Å². The van der Waals surface area contributed by atoms with Crippen LogP contribution >= 0.6 is 0 Å². The maximum Gasteiger partial charge on any atom is 0.232 e. The van der Waals surface area contributed by atoms with E-state index in [-0.39, 0.29) is 11.4 Å². The molecule has 2 heterocycles. The molecule has 1 aliphatic heterocycles. The highest BCUT2D eigenvalue weighted by Crippen LogP contribution is 2.32. The van der Waals surface area contributed by atoms with Crippen molar-refractivity contribution in [1.82, 2.24) is 14.3 Å². The Labute approximate surface area is 112 Å². The Kier molecular flexibility index (Phi) is 3.40. The number of hydrogen-bond donors (Lipinski definition) is 0. The molecule has 1 aromatic heterocycles. The van der Waals surface area contributed by atoms with Crippen molar-refractivity contribution in [3.63, 3.8) is 0 Å². The molecule has 0 amide bonds. The van der Waals surface area contributed by atoms with Crippen molar-refractivity contribution in [3.8, 4) is 5.88 Å². The van der Waals surface area contributed by atoms with Gasteiger partial charge in [0.2, 0.25) is 15.9 Å². The average molecular weight is 283 g/mol. The molecular formula is C12H17N3O3S. The van der Waals surface area contributed by atoms with Gasteiger partial charge in [0, 0.05) is 18.9 Å². The molecule has 104 valence electrons. The second kappa shape index (κ2) is 5.05. The van der Waals surface area contributed by atoms with E-state index in [1.54, 1.807) is 22.9 Å². The molecule has 0 spiro atoms. The Balaban J connectivity index is 1.65. The van der Waals surface area contributed by atoms with Crippen molar-refractivity contribution in [1.29, 1.82) is 0 Å². The van der Waals surface area contributed by atoms with Crippen LogP contribution in [0, 0.1) is 0 Å². The second-order valence-corrected chi connectivity index (χ2v) is 7.24. The van der Waals surface area contributed by atoms with Crippen LogP contribution in [0.15, 0.2) is 18.6 Å². The summed E-state index contributed by atoms with van der Waals surface area (Å²) < 4.78 is 31.7. The van der Waals surface area contributed by atoms with E-state index < -0.39 is 10.0 Å². The van der Waals surface area contributed by atoms with Crippen LogP contribution in [0.5, 0.6) is 5.88 Å². The molecule has 1 unspecified atom stereocenters. The summed E-state index contributed by atoms with van der Waals surface area (Å²) in [6.07, 6.45) is 7.86. The summed E-state index contributed by atoms with van der Waals surface area (Å²) in [5, 5.41) is -0.150. The molecule has 1 saturated carbocycles. The predicted molar refractivity (Wildman–Crippen MR) is 69.2 cm³/mol. The molecule has 0 bridgehead atoms. The summed E-state index contributed by atoms with van der Waals surface area (Å²) in [6.45, 7) is 1.04. The van der Waals surface area contributed by atoms with E-state index in [1.165, 1.54) is 0 Å². The van der Waals surface area contributed by atoms with Crippen molar-refractivity contribution in [2.75, 3.05) is 13.1 Å². The first kappa shape index (κ1) is 12.8. The summed E-state index contributed by atoms with van der Waals surface area (Å²) in [5.74, 6) is 0.457. The highest BCUT2D eigenvalue weighted by atomic mass is 32.2. The fraction of sp³-hybridized carbons (Fsp3) is 0.667. The maximum atomic E-state index is 12.2. The van der Waals surface area contributed by atoms with Crippen molar-refractivity contribution >= 4 is 10.0 Å². The number of ether oxygens (including phenoxy) is 1. The highest BCUT2D eigenvalue weighted by Gasteiger charge is 2.41. The molecule has 0 aromatic carbocycles. The quantitative estimate of drug-likeness (QED) is 0.817. The summed E-state index contributed by atoms with van der Waals surface area (Å²) in [6, 6.07) is 0. The Morgan fingerprint density at radius 2 is 2.11 bits per heavy atom. The van der Waals surface area contributed by atoms with Crippen LogP contribution in [0.4, 0.5) is 0 Å². The third kappa shape index (κ3) is 2.87. The number of rotatable bonds is 4. The van der Waals surface area contributed by atoms with E-state index in [2.05, 4.69) is 9.97 Å². The maximum absolute atomic E-state index is 12.2. The molecule has 2 fully saturated rings. The molecule has 7 heteroatoms.